The van der Waals surface area contributed by atoms with Gasteiger partial charge in [0.1, 0.15) is 11.5 Å². The van der Waals surface area contributed by atoms with Gasteiger partial charge < -0.3 is 14.6 Å². The normalized spacial score (nSPS) is 18.7. The highest BCUT2D eigenvalue weighted by atomic mass is 32.2. The van der Waals surface area contributed by atoms with Gasteiger partial charge in [0.2, 0.25) is 5.91 Å². The van der Waals surface area contributed by atoms with Crippen molar-refractivity contribution in [3.63, 3.8) is 0 Å². The highest BCUT2D eigenvalue weighted by Crippen LogP contribution is 2.47. The smallest absolute Gasteiger partial charge is 0.285 e. The number of carbonyl (C=O) groups is 2. The molecule has 0 spiro atoms. The molecule has 0 bridgehead atoms. The van der Waals surface area contributed by atoms with E-state index in [0.717, 1.165) is 22.4 Å². The van der Waals surface area contributed by atoms with E-state index in [0.29, 0.717) is 23.3 Å². The molecule has 1 fully saturated rings. The van der Waals surface area contributed by atoms with Gasteiger partial charge in [-0.2, -0.15) is 0 Å². The molecule has 1 aliphatic carbocycles. The van der Waals surface area contributed by atoms with Crippen molar-refractivity contribution in [2.75, 3.05) is 19.4 Å². The summed E-state index contributed by atoms with van der Waals surface area (Å²) in [5.41, 5.74) is 0.674. The summed E-state index contributed by atoms with van der Waals surface area (Å²) in [5.74, 6) is 2.67. The second-order valence-corrected chi connectivity index (χ2v) is 7.69. The van der Waals surface area contributed by atoms with E-state index < -0.39 is 0 Å². The summed E-state index contributed by atoms with van der Waals surface area (Å²) < 4.78 is 5.75. The molecule has 1 aliphatic rings. The fourth-order valence-corrected chi connectivity index (χ4v) is 3.17. The molecule has 0 aliphatic heterocycles. The summed E-state index contributed by atoms with van der Waals surface area (Å²) in [5, 5.41) is 2.75. The Kier molecular flexibility index (Phi) is 5.52. The molecule has 2 atom stereocenters. The number of carbonyl (C=O) groups excluding carboxylic acids is 2. The van der Waals surface area contributed by atoms with Gasteiger partial charge in [0.25, 0.3) is 5.24 Å². The standard InChI is InChI=1S/C20H22N2O3S/c1-13-12-17(13)18-10-6-15(25-18)7-11-19(23)21-14-4-8-16(9-5-14)26-20(24)22(2)3/h4-11,13,17H,12H2,1-3H3,(H,21,23)/b11-7+. The van der Waals surface area contributed by atoms with E-state index in [1.165, 1.54) is 17.4 Å². The van der Waals surface area contributed by atoms with Gasteiger partial charge in [-0.05, 0) is 66.6 Å². The highest BCUT2D eigenvalue weighted by molar-refractivity contribution is 8.13. The van der Waals surface area contributed by atoms with Gasteiger partial charge >= 0.3 is 0 Å². The monoisotopic (exact) mass is 370 g/mol. The minimum Gasteiger partial charge on any atom is -0.461 e. The van der Waals surface area contributed by atoms with Crippen LogP contribution in [0.5, 0.6) is 0 Å². The van der Waals surface area contributed by atoms with Crippen LogP contribution in [-0.4, -0.2) is 30.1 Å². The predicted octanol–water partition coefficient (Wildman–Crippen LogP) is 4.83. The van der Waals surface area contributed by atoms with Crippen molar-refractivity contribution in [1.29, 1.82) is 0 Å². The van der Waals surface area contributed by atoms with E-state index in [1.54, 1.807) is 44.4 Å². The fourth-order valence-electron chi connectivity index (χ4n) is 2.52. The van der Waals surface area contributed by atoms with Crippen LogP contribution in [0, 0.1) is 5.92 Å². The Balaban J connectivity index is 1.52. The number of hydrogen-bond acceptors (Lipinski definition) is 4. The summed E-state index contributed by atoms with van der Waals surface area (Å²) in [4.78, 5) is 26.1. The van der Waals surface area contributed by atoms with Gasteiger partial charge in [-0.1, -0.05) is 6.92 Å². The van der Waals surface area contributed by atoms with Gasteiger partial charge in [0.15, 0.2) is 0 Å². The summed E-state index contributed by atoms with van der Waals surface area (Å²) in [6.07, 6.45) is 4.30. The SMILES string of the molecule is CC1CC1c1ccc(/C=C/C(=O)Nc2ccc(SC(=O)N(C)C)cc2)o1. The summed E-state index contributed by atoms with van der Waals surface area (Å²) >= 11 is 1.14. The van der Waals surface area contributed by atoms with Crippen LogP contribution < -0.4 is 5.32 Å². The Hall–Kier alpha value is -2.47. The first-order valence-corrected chi connectivity index (χ1v) is 9.32. The van der Waals surface area contributed by atoms with Crippen molar-refractivity contribution < 1.29 is 14.0 Å². The van der Waals surface area contributed by atoms with Crippen LogP contribution >= 0.6 is 11.8 Å². The highest BCUT2D eigenvalue weighted by Gasteiger charge is 2.36. The number of rotatable bonds is 5. The van der Waals surface area contributed by atoms with Crippen molar-refractivity contribution in [3.05, 3.63) is 54.0 Å². The van der Waals surface area contributed by atoms with Crippen molar-refractivity contribution >= 4 is 34.7 Å². The van der Waals surface area contributed by atoms with Crippen molar-refractivity contribution in [1.82, 2.24) is 4.90 Å². The Morgan fingerprint density at radius 3 is 2.50 bits per heavy atom. The molecule has 1 aromatic carbocycles. The van der Waals surface area contributed by atoms with Crippen LogP contribution in [0.3, 0.4) is 0 Å². The topological polar surface area (TPSA) is 62.6 Å². The molecule has 0 saturated heterocycles. The third-order valence-corrected chi connectivity index (χ3v) is 5.26. The molecule has 2 aromatic rings. The van der Waals surface area contributed by atoms with Gasteiger partial charge in [-0.25, -0.2) is 0 Å². The average molecular weight is 370 g/mol. The van der Waals surface area contributed by atoms with E-state index >= 15 is 0 Å². The molecular formula is C20H22N2O3S. The zero-order valence-corrected chi connectivity index (χ0v) is 15.9. The minimum absolute atomic E-state index is 0.0388. The summed E-state index contributed by atoms with van der Waals surface area (Å²) in [7, 11) is 3.42. The molecule has 1 N–H and O–H groups in total. The number of benzene rings is 1. The Morgan fingerprint density at radius 2 is 1.88 bits per heavy atom. The van der Waals surface area contributed by atoms with E-state index in [-0.39, 0.29) is 11.1 Å². The van der Waals surface area contributed by atoms with Crippen molar-refractivity contribution in [2.24, 2.45) is 5.92 Å². The molecule has 3 rings (SSSR count). The van der Waals surface area contributed by atoms with Crippen LogP contribution in [0.2, 0.25) is 0 Å². The second kappa shape index (κ2) is 7.83. The first kappa shape index (κ1) is 18.3. The number of amides is 2. The van der Waals surface area contributed by atoms with Gasteiger partial charge in [0.05, 0.1) is 0 Å². The maximum atomic E-state index is 12.0. The molecule has 0 radical (unpaired) electrons. The molecule has 26 heavy (non-hydrogen) atoms. The number of anilines is 1. The lowest BCUT2D eigenvalue weighted by atomic mass is 10.3. The molecule has 136 valence electrons. The largest absolute Gasteiger partial charge is 0.461 e. The lowest BCUT2D eigenvalue weighted by Gasteiger charge is -2.09. The quantitative estimate of drug-likeness (QED) is 0.605. The summed E-state index contributed by atoms with van der Waals surface area (Å²) in [6, 6.07) is 11.0. The van der Waals surface area contributed by atoms with Gasteiger partial charge in [0, 0.05) is 36.7 Å². The zero-order valence-electron chi connectivity index (χ0n) is 15.1. The van der Waals surface area contributed by atoms with Gasteiger partial charge in [-0.3, -0.25) is 9.59 Å². The first-order valence-electron chi connectivity index (χ1n) is 8.50. The van der Waals surface area contributed by atoms with Crippen molar-refractivity contribution in [2.45, 2.75) is 24.2 Å². The number of nitrogens with zero attached hydrogens (tertiary/aromatic N) is 1. The zero-order chi connectivity index (χ0) is 18.7. The Bertz CT molecular complexity index is 824. The Labute approximate surface area is 157 Å². The van der Waals surface area contributed by atoms with Crippen LogP contribution in [0.1, 0.15) is 30.8 Å². The predicted molar refractivity (Wildman–Crippen MR) is 104 cm³/mol. The minimum atomic E-state index is -0.229. The molecule has 2 amide bonds. The second-order valence-electron chi connectivity index (χ2n) is 6.67. The molecule has 6 heteroatoms. The van der Waals surface area contributed by atoms with E-state index in [2.05, 4.69) is 12.2 Å². The van der Waals surface area contributed by atoms with Crippen LogP contribution in [0.15, 0.2) is 51.8 Å². The van der Waals surface area contributed by atoms with E-state index in [4.69, 9.17) is 4.42 Å². The average Bonchev–Trinajstić information content (AvgIpc) is 3.15. The lowest BCUT2D eigenvalue weighted by molar-refractivity contribution is -0.111. The number of furan rings is 1. The Morgan fingerprint density at radius 1 is 1.19 bits per heavy atom. The van der Waals surface area contributed by atoms with E-state index in [9.17, 15) is 9.59 Å². The van der Waals surface area contributed by atoms with Crippen LogP contribution in [-0.2, 0) is 4.79 Å². The lowest BCUT2D eigenvalue weighted by Crippen LogP contribution is -2.16. The van der Waals surface area contributed by atoms with Crippen LogP contribution in [0.4, 0.5) is 10.5 Å². The third-order valence-electron chi connectivity index (χ3n) is 4.21. The molecule has 1 aromatic heterocycles. The third kappa shape index (κ3) is 4.79. The molecule has 5 nitrogen and oxygen atoms in total. The molecule has 1 saturated carbocycles. The van der Waals surface area contributed by atoms with Gasteiger partial charge in [-0.15, -0.1) is 0 Å². The van der Waals surface area contributed by atoms with E-state index in [1.807, 2.05) is 12.1 Å². The van der Waals surface area contributed by atoms with Crippen LogP contribution in [0.25, 0.3) is 6.08 Å². The molecule has 1 heterocycles. The maximum Gasteiger partial charge on any atom is 0.285 e. The maximum absolute atomic E-state index is 12.0. The number of nitrogens with one attached hydrogen (secondary N) is 1. The summed E-state index contributed by atoms with van der Waals surface area (Å²) in [6.45, 7) is 2.20. The molecule has 2 unspecified atom stereocenters. The molecular weight excluding hydrogens is 348 g/mol. The fraction of sp³-hybridized carbons (Fsp3) is 0.300. The number of hydrogen-bond donors (Lipinski definition) is 1. The van der Waals surface area contributed by atoms with Crippen molar-refractivity contribution in [3.8, 4) is 0 Å². The first-order chi connectivity index (χ1) is 12.4. The number of thioether (sulfide) groups is 1.